The summed E-state index contributed by atoms with van der Waals surface area (Å²) in [5.74, 6) is -0.261. The van der Waals surface area contributed by atoms with Gasteiger partial charge in [-0.3, -0.25) is 9.59 Å². The summed E-state index contributed by atoms with van der Waals surface area (Å²) in [6.45, 7) is 7.72. The molecule has 2 rings (SSSR count). The van der Waals surface area contributed by atoms with Crippen LogP contribution in [0.2, 0.25) is 0 Å². The van der Waals surface area contributed by atoms with Crippen LogP contribution in [0.5, 0.6) is 0 Å². The fourth-order valence-corrected chi connectivity index (χ4v) is 2.72. The molecule has 1 aliphatic rings. The molecule has 1 aromatic rings. The second-order valence-corrected chi connectivity index (χ2v) is 6.59. The van der Waals surface area contributed by atoms with Crippen molar-refractivity contribution in [2.24, 2.45) is 5.92 Å². The summed E-state index contributed by atoms with van der Waals surface area (Å²) in [6.07, 6.45) is 1.87. The summed E-state index contributed by atoms with van der Waals surface area (Å²) in [7, 11) is 0. The molecule has 1 heterocycles. The van der Waals surface area contributed by atoms with Crippen LogP contribution in [0, 0.1) is 12.8 Å². The van der Waals surface area contributed by atoms with Gasteiger partial charge in [-0.05, 0) is 50.9 Å². The lowest BCUT2D eigenvalue weighted by atomic mass is 10.0. The van der Waals surface area contributed by atoms with E-state index >= 15 is 0 Å². The lowest BCUT2D eigenvalue weighted by molar-refractivity contribution is -0.124. The molecule has 6 heteroatoms. The number of rotatable bonds is 5. The predicted molar refractivity (Wildman–Crippen MR) is 98.6 cm³/mol. The second-order valence-electron chi connectivity index (χ2n) is 6.59. The number of piperidine rings is 1. The fraction of sp³-hybridized carbons (Fsp3) is 0.556. The van der Waals surface area contributed by atoms with Crippen molar-refractivity contribution in [1.29, 1.82) is 0 Å². The predicted octanol–water partition coefficient (Wildman–Crippen LogP) is 2.04. The number of amides is 2. The van der Waals surface area contributed by atoms with Crippen LogP contribution in [-0.4, -0.2) is 37.0 Å². The van der Waals surface area contributed by atoms with Crippen molar-refractivity contribution in [3.8, 4) is 0 Å². The molecule has 3 N–H and O–H groups in total. The average molecular weight is 354 g/mol. The van der Waals surface area contributed by atoms with E-state index in [-0.39, 0.29) is 36.2 Å². The van der Waals surface area contributed by atoms with E-state index in [4.69, 9.17) is 0 Å². The van der Waals surface area contributed by atoms with Gasteiger partial charge in [0.2, 0.25) is 5.91 Å². The average Bonchev–Trinajstić information content (AvgIpc) is 2.53. The van der Waals surface area contributed by atoms with Gasteiger partial charge in [-0.1, -0.05) is 31.5 Å². The molecule has 1 aliphatic heterocycles. The number of hydrogen-bond acceptors (Lipinski definition) is 3. The van der Waals surface area contributed by atoms with E-state index in [9.17, 15) is 9.59 Å². The van der Waals surface area contributed by atoms with Crippen LogP contribution in [0.4, 0.5) is 0 Å². The van der Waals surface area contributed by atoms with Gasteiger partial charge in [0.15, 0.2) is 0 Å². The lowest BCUT2D eigenvalue weighted by Crippen LogP contribution is -2.53. The molecule has 1 aromatic carbocycles. The van der Waals surface area contributed by atoms with E-state index in [2.05, 4.69) is 16.0 Å². The molecule has 2 amide bonds. The first-order valence-corrected chi connectivity index (χ1v) is 8.36. The Morgan fingerprint density at radius 2 is 1.71 bits per heavy atom. The second kappa shape index (κ2) is 9.64. The highest BCUT2D eigenvalue weighted by atomic mass is 35.5. The molecular weight excluding hydrogens is 326 g/mol. The highest BCUT2D eigenvalue weighted by molar-refractivity contribution is 5.97. The number of benzene rings is 1. The van der Waals surface area contributed by atoms with Crippen LogP contribution < -0.4 is 16.0 Å². The summed E-state index contributed by atoms with van der Waals surface area (Å²) in [4.78, 5) is 24.9. The first-order chi connectivity index (χ1) is 11.0. The summed E-state index contributed by atoms with van der Waals surface area (Å²) >= 11 is 0. The number of nitrogens with one attached hydrogen (secondary N) is 3. The molecule has 1 unspecified atom stereocenters. The summed E-state index contributed by atoms with van der Waals surface area (Å²) in [5.41, 5.74) is 1.68. The van der Waals surface area contributed by atoms with Crippen LogP contribution in [0.1, 0.15) is 42.6 Å². The van der Waals surface area contributed by atoms with Gasteiger partial charge in [-0.25, -0.2) is 0 Å². The van der Waals surface area contributed by atoms with Crippen molar-refractivity contribution in [3.63, 3.8) is 0 Å². The minimum atomic E-state index is -0.515. The largest absolute Gasteiger partial charge is 0.351 e. The summed E-state index contributed by atoms with van der Waals surface area (Å²) < 4.78 is 0. The molecule has 5 nitrogen and oxygen atoms in total. The maximum atomic E-state index is 12.5. The molecule has 1 atom stereocenters. The van der Waals surface area contributed by atoms with Crippen LogP contribution >= 0.6 is 12.4 Å². The fourth-order valence-electron chi connectivity index (χ4n) is 2.72. The van der Waals surface area contributed by atoms with Gasteiger partial charge in [0.25, 0.3) is 5.91 Å². The van der Waals surface area contributed by atoms with Crippen LogP contribution in [0.15, 0.2) is 24.3 Å². The van der Waals surface area contributed by atoms with Crippen LogP contribution in [-0.2, 0) is 4.79 Å². The van der Waals surface area contributed by atoms with Gasteiger partial charge in [0, 0.05) is 11.6 Å². The van der Waals surface area contributed by atoms with Crippen molar-refractivity contribution in [2.45, 2.75) is 45.7 Å². The molecule has 1 saturated heterocycles. The van der Waals surface area contributed by atoms with Gasteiger partial charge in [0.05, 0.1) is 0 Å². The Morgan fingerprint density at radius 3 is 2.25 bits per heavy atom. The molecular formula is C18H28ClN3O2. The van der Waals surface area contributed by atoms with E-state index in [1.807, 2.05) is 32.9 Å². The molecule has 0 radical (unpaired) electrons. The van der Waals surface area contributed by atoms with E-state index in [0.29, 0.717) is 5.56 Å². The van der Waals surface area contributed by atoms with Gasteiger partial charge in [-0.15, -0.1) is 12.4 Å². The number of aryl methyl sites for hydroxylation is 1. The number of carbonyl (C=O) groups is 2. The zero-order chi connectivity index (χ0) is 16.8. The van der Waals surface area contributed by atoms with Crippen molar-refractivity contribution in [2.75, 3.05) is 13.1 Å². The summed E-state index contributed by atoms with van der Waals surface area (Å²) in [6, 6.07) is 7.04. The molecule has 24 heavy (non-hydrogen) atoms. The van der Waals surface area contributed by atoms with Crippen molar-refractivity contribution < 1.29 is 9.59 Å². The normalized spacial score (nSPS) is 16.2. The minimum absolute atomic E-state index is 0. The zero-order valence-electron chi connectivity index (χ0n) is 14.6. The van der Waals surface area contributed by atoms with Gasteiger partial charge < -0.3 is 16.0 Å². The lowest BCUT2D eigenvalue weighted by Gasteiger charge is -2.28. The van der Waals surface area contributed by atoms with Gasteiger partial charge in [-0.2, -0.15) is 0 Å². The van der Waals surface area contributed by atoms with E-state index in [1.165, 1.54) is 0 Å². The third kappa shape index (κ3) is 5.80. The Kier molecular flexibility index (Phi) is 8.22. The number of halogens is 1. The minimum Gasteiger partial charge on any atom is -0.351 e. The number of hydrogen-bond donors (Lipinski definition) is 3. The van der Waals surface area contributed by atoms with E-state index in [0.717, 1.165) is 31.5 Å². The standard InChI is InChI=1S/C18H27N3O2.ClH/c1-12(2)16(18(23)20-15-8-10-19-11-9-15)21-17(22)14-6-4-13(3)5-7-14;/h4-7,12,15-16,19H,8-11H2,1-3H3,(H,20,23)(H,21,22);1H. The van der Waals surface area contributed by atoms with Crippen molar-refractivity contribution in [3.05, 3.63) is 35.4 Å². The van der Waals surface area contributed by atoms with Crippen LogP contribution in [0.3, 0.4) is 0 Å². The maximum Gasteiger partial charge on any atom is 0.251 e. The Morgan fingerprint density at radius 1 is 1.12 bits per heavy atom. The Hall–Kier alpha value is -1.59. The van der Waals surface area contributed by atoms with Gasteiger partial charge >= 0.3 is 0 Å². The van der Waals surface area contributed by atoms with E-state index in [1.54, 1.807) is 12.1 Å². The monoisotopic (exact) mass is 353 g/mol. The van der Waals surface area contributed by atoms with Crippen molar-refractivity contribution >= 4 is 24.2 Å². The third-order valence-corrected chi connectivity index (χ3v) is 4.24. The molecule has 0 spiro atoms. The maximum absolute atomic E-state index is 12.5. The Bertz CT molecular complexity index is 540. The smallest absolute Gasteiger partial charge is 0.251 e. The molecule has 1 fully saturated rings. The molecule has 0 saturated carbocycles. The zero-order valence-corrected chi connectivity index (χ0v) is 15.4. The molecule has 0 bridgehead atoms. The molecule has 134 valence electrons. The molecule has 0 aromatic heterocycles. The Balaban J connectivity index is 0.00000288. The quantitative estimate of drug-likeness (QED) is 0.758. The number of carbonyl (C=O) groups excluding carboxylic acids is 2. The first-order valence-electron chi connectivity index (χ1n) is 8.36. The van der Waals surface area contributed by atoms with Crippen LogP contribution in [0.25, 0.3) is 0 Å². The van der Waals surface area contributed by atoms with Gasteiger partial charge in [0.1, 0.15) is 6.04 Å². The first kappa shape index (κ1) is 20.5. The Labute approximate surface area is 150 Å². The van der Waals surface area contributed by atoms with Crippen molar-refractivity contribution in [1.82, 2.24) is 16.0 Å². The topological polar surface area (TPSA) is 70.2 Å². The summed E-state index contributed by atoms with van der Waals surface area (Å²) in [5, 5.41) is 9.22. The third-order valence-electron chi connectivity index (χ3n) is 4.24. The highest BCUT2D eigenvalue weighted by Crippen LogP contribution is 2.09. The molecule has 0 aliphatic carbocycles. The SMILES string of the molecule is Cc1ccc(C(=O)NC(C(=O)NC2CCNCC2)C(C)C)cc1.Cl. The van der Waals surface area contributed by atoms with E-state index < -0.39 is 6.04 Å². The highest BCUT2D eigenvalue weighted by Gasteiger charge is 2.27.